The Kier molecular flexibility index (Phi) is 7.19. The summed E-state index contributed by atoms with van der Waals surface area (Å²) >= 11 is 1.59. The first-order valence-corrected chi connectivity index (χ1v) is 13.3. The molecule has 0 saturated heterocycles. The topological polar surface area (TPSA) is 182 Å². The normalized spacial score (nSPS) is 31.4. The summed E-state index contributed by atoms with van der Waals surface area (Å²) in [6.45, 7) is 2.06. The van der Waals surface area contributed by atoms with Crippen molar-refractivity contribution in [1.29, 1.82) is 0 Å². The maximum Gasteiger partial charge on any atom is 0.255 e. The minimum atomic E-state index is -2.91. The number of carbonyl (C=O) groups excluding carboxylic acids is 3. The molecule has 0 radical (unpaired) electrons. The largest absolute Gasteiger partial charge is 0.508 e. The molecule has 7 N–H and O–H groups in total. The Morgan fingerprint density at radius 1 is 1.19 bits per heavy atom. The number of hydrogen-bond donors (Lipinski definition) is 6. The van der Waals surface area contributed by atoms with Gasteiger partial charge in [0.25, 0.3) is 5.91 Å². The standard InChI is InChI=1S/C26H32N2O8S/c1-4-5-9-37-10-12-11-7-6-8-13(29)14(11)20(30)16-15(12)21(31)18-19(28(2)3)22(32)17(25(27)35)24(34)26(18,36)23(16)33/h6-8,12,15,18-19,21,29-31,34,36H,4-5,9-10H2,1-3H3,(H2,27,35)/t12-,15+,18+,19-,21-,26-/m0/s1. The number of likely N-dealkylation sites (N-methyl/N-ethyl adjacent to an activating group) is 1. The number of amides is 1. The second-order valence-corrected chi connectivity index (χ2v) is 11.2. The highest BCUT2D eigenvalue weighted by Gasteiger charge is 2.68. The van der Waals surface area contributed by atoms with Crippen LogP contribution in [0.4, 0.5) is 0 Å². The highest BCUT2D eigenvalue weighted by Crippen LogP contribution is 2.56. The number of primary amides is 1. The van der Waals surface area contributed by atoms with Gasteiger partial charge < -0.3 is 31.3 Å². The Morgan fingerprint density at radius 2 is 1.86 bits per heavy atom. The first kappa shape index (κ1) is 27.2. The summed E-state index contributed by atoms with van der Waals surface area (Å²) in [7, 11) is 2.96. The molecule has 0 aromatic heterocycles. The number of ketones is 2. The van der Waals surface area contributed by atoms with Gasteiger partial charge in [-0.25, -0.2) is 0 Å². The van der Waals surface area contributed by atoms with Crippen LogP contribution in [0.2, 0.25) is 0 Å². The lowest BCUT2D eigenvalue weighted by molar-refractivity contribution is -0.169. The van der Waals surface area contributed by atoms with E-state index in [1.807, 2.05) is 0 Å². The third-order valence-electron chi connectivity index (χ3n) is 7.74. The lowest BCUT2D eigenvalue weighted by Crippen LogP contribution is -2.70. The molecule has 1 saturated carbocycles. The SMILES string of the molecule is CCCCSC[C@H]1c2cccc(O)c2C(O)=C2C(=O)[C@]3(O)C(O)=C(C(N)=O)C(=O)[C@@H](N(C)C)[C@@H]3[C@@H](O)[C@@H]21. The number of benzene rings is 1. The van der Waals surface area contributed by atoms with E-state index in [4.69, 9.17) is 5.73 Å². The zero-order valence-corrected chi connectivity index (χ0v) is 21.7. The number of phenolic OH excluding ortho intramolecular Hbond substituents is 1. The van der Waals surface area contributed by atoms with Gasteiger partial charge >= 0.3 is 0 Å². The zero-order chi connectivity index (χ0) is 27.4. The van der Waals surface area contributed by atoms with Crippen molar-refractivity contribution in [3.05, 3.63) is 46.2 Å². The highest BCUT2D eigenvalue weighted by atomic mass is 32.2. The van der Waals surface area contributed by atoms with Crippen molar-refractivity contribution in [2.45, 2.75) is 43.4 Å². The van der Waals surface area contributed by atoms with E-state index in [1.54, 1.807) is 23.9 Å². The Bertz CT molecular complexity index is 1220. The average molecular weight is 533 g/mol. The van der Waals surface area contributed by atoms with Gasteiger partial charge in [0, 0.05) is 23.2 Å². The molecule has 1 fully saturated rings. The molecule has 37 heavy (non-hydrogen) atoms. The number of hydrogen-bond acceptors (Lipinski definition) is 10. The number of aliphatic hydroxyl groups excluding tert-OH is 3. The van der Waals surface area contributed by atoms with Crippen molar-refractivity contribution in [3.63, 3.8) is 0 Å². The van der Waals surface area contributed by atoms with Crippen molar-refractivity contribution in [2.75, 3.05) is 25.6 Å². The van der Waals surface area contributed by atoms with Gasteiger partial charge in [0.15, 0.2) is 11.4 Å². The Balaban J connectivity index is 1.98. The van der Waals surface area contributed by atoms with Crippen LogP contribution in [-0.2, 0) is 14.4 Å². The molecule has 0 unspecified atom stereocenters. The van der Waals surface area contributed by atoms with Crippen LogP contribution in [0.3, 0.4) is 0 Å². The van der Waals surface area contributed by atoms with Gasteiger partial charge in [-0.2, -0.15) is 11.8 Å². The monoisotopic (exact) mass is 532 g/mol. The van der Waals surface area contributed by atoms with Crippen LogP contribution >= 0.6 is 11.8 Å². The summed E-state index contributed by atoms with van der Waals surface area (Å²) in [6.07, 6.45) is 0.319. The summed E-state index contributed by atoms with van der Waals surface area (Å²) in [5.74, 6) is -7.53. The van der Waals surface area contributed by atoms with Crippen molar-refractivity contribution in [3.8, 4) is 5.75 Å². The van der Waals surface area contributed by atoms with Crippen molar-refractivity contribution >= 4 is 35.0 Å². The molecule has 3 aliphatic rings. The lowest BCUT2D eigenvalue weighted by Gasteiger charge is -2.54. The van der Waals surface area contributed by atoms with Crippen LogP contribution in [0, 0.1) is 11.8 Å². The molecule has 1 aromatic rings. The van der Waals surface area contributed by atoms with Gasteiger partial charge in [0.05, 0.1) is 23.6 Å². The van der Waals surface area contributed by atoms with Crippen LogP contribution in [0.1, 0.15) is 36.8 Å². The maximum absolute atomic E-state index is 14.0. The number of nitrogens with two attached hydrogens (primary N) is 1. The molecule has 1 aromatic carbocycles. The number of phenols is 1. The minimum Gasteiger partial charge on any atom is -0.508 e. The van der Waals surface area contributed by atoms with E-state index in [2.05, 4.69) is 6.92 Å². The second-order valence-electron chi connectivity index (χ2n) is 10.0. The lowest BCUT2D eigenvalue weighted by atomic mass is 9.54. The molecular formula is C26H32N2O8S. The summed E-state index contributed by atoms with van der Waals surface area (Å²) in [5, 5.41) is 56.3. The number of rotatable bonds is 7. The molecular weight excluding hydrogens is 500 g/mol. The number of aliphatic hydroxyl groups is 4. The van der Waals surface area contributed by atoms with Crippen molar-refractivity contribution in [2.24, 2.45) is 17.6 Å². The van der Waals surface area contributed by atoms with Gasteiger partial charge in [-0.1, -0.05) is 25.5 Å². The third kappa shape index (κ3) is 3.87. The number of carbonyl (C=O) groups is 3. The smallest absolute Gasteiger partial charge is 0.255 e. The Morgan fingerprint density at radius 3 is 2.46 bits per heavy atom. The second kappa shape index (κ2) is 9.79. The van der Waals surface area contributed by atoms with E-state index in [0.29, 0.717) is 11.3 Å². The predicted molar refractivity (Wildman–Crippen MR) is 137 cm³/mol. The van der Waals surface area contributed by atoms with Crippen molar-refractivity contribution < 1.29 is 39.9 Å². The molecule has 4 rings (SSSR count). The first-order valence-electron chi connectivity index (χ1n) is 12.1. The fourth-order valence-corrected chi connectivity index (χ4v) is 7.35. The van der Waals surface area contributed by atoms with Gasteiger partial charge in [0.2, 0.25) is 5.78 Å². The Hall–Kier alpha value is -2.86. The summed E-state index contributed by atoms with van der Waals surface area (Å²) in [4.78, 5) is 40.8. The van der Waals surface area contributed by atoms with Crippen LogP contribution in [-0.4, -0.2) is 91.3 Å². The van der Waals surface area contributed by atoms with E-state index < -0.39 is 70.1 Å². The highest BCUT2D eigenvalue weighted by molar-refractivity contribution is 7.99. The molecule has 0 heterocycles. The molecule has 0 bridgehead atoms. The van der Waals surface area contributed by atoms with Gasteiger partial charge in [0.1, 0.15) is 22.8 Å². The van der Waals surface area contributed by atoms with Gasteiger partial charge in [-0.15, -0.1) is 0 Å². The van der Waals surface area contributed by atoms with Gasteiger partial charge in [-0.05, 0) is 37.9 Å². The van der Waals surface area contributed by atoms with E-state index in [0.717, 1.165) is 18.6 Å². The van der Waals surface area contributed by atoms with E-state index in [-0.39, 0.29) is 16.9 Å². The summed E-state index contributed by atoms with van der Waals surface area (Å²) < 4.78 is 0. The third-order valence-corrected chi connectivity index (χ3v) is 8.91. The molecule has 10 nitrogen and oxygen atoms in total. The fraction of sp³-hybridized carbons (Fsp3) is 0.500. The van der Waals surface area contributed by atoms with Crippen molar-refractivity contribution in [1.82, 2.24) is 4.90 Å². The number of nitrogens with zero attached hydrogens (tertiary/aromatic N) is 1. The van der Waals surface area contributed by atoms with Gasteiger partial charge in [-0.3, -0.25) is 19.3 Å². The van der Waals surface area contributed by atoms with E-state index in [9.17, 15) is 39.9 Å². The van der Waals surface area contributed by atoms with Crippen LogP contribution in [0.25, 0.3) is 5.76 Å². The first-order chi connectivity index (χ1) is 17.4. The molecule has 200 valence electrons. The summed E-state index contributed by atoms with van der Waals surface area (Å²) in [6, 6.07) is 3.28. The molecule has 0 spiro atoms. The number of Topliss-reactive ketones (excluding diaryl/α,β-unsaturated/α-hetero) is 2. The molecule has 11 heteroatoms. The fourth-order valence-electron chi connectivity index (χ4n) is 6.05. The van der Waals surface area contributed by atoms with E-state index >= 15 is 0 Å². The predicted octanol–water partition coefficient (Wildman–Crippen LogP) is 1.01. The molecule has 0 aliphatic heterocycles. The van der Waals surface area contributed by atoms with Crippen LogP contribution in [0.15, 0.2) is 35.1 Å². The quantitative estimate of drug-likeness (QED) is 0.219. The maximum atomic E-state index is 14.0. The zero-order valence-electron chi connectivity index (χ0n) is 20.8. The number of unbranched alkanes of at least 4 members (excludes halogenated alkanes) is 1. The average Bonchev–Trinajstić information content (AvgIpc) is 2.82. The minimum absolute atomic E-state index is 0.00656. The van der Waals surface area contributed by atoms with E-state index in [1.165, 1.54) is 25.1 Å². The van der Waals surface area contributed by atoms with Crippen LogP contribution in [0.5, 0.6) is 5.75 Å². The number of aromatic hydroxyl groups is 1. The molecule has 6 atom stereocenters. The summed E-state index contributed by atoms with van der Waals surface area (Å²) in [5.41, 5.74) is 1.66. The van der Waals surface area contributed by atoms with Crippen LogP contribution < -0.4 is 5.73 Å². The number of fused-ring (bicyclic) bond motifs is 3. The molecule has 3 aliphatic carbocycles. The Labute approximate surface area is 218 Å². The molecule has 1 amide bonds. The number of thioether (sulfide) groups is 1.